The first kappa shape index (κ1) is 28.8. The van der Waals surface area contributed by atoms with Gasteiger partial charge in [-0.2, -0.15) is 0 Å². The van der Waals surface area contributed by atoms with Crippen molar-refractivity contribution in [3.8, 4) is 17.1 Å². The maximum Gasteiger partial charge on any atom is 0.173 e. The van der Waals surface area contributed by atoms with Crippen LogP contribution in [-0.2, 0) is 5.41 Å². The van der Waals surface area contributed by atoms with Crippen LogP contribution in [0.5, 0.6) is 5.75 Å². The van der Waals surface area contributed by atoms with Crippen LogP contribution in [-0.4, -0.2) is 6.10 Å². The first-order chi connectivity index (χ1) is 25.0. The molecule has 5 aromatic carbocycles. The molecule has 0 N–H and O–H groups in total. The van der Waals surface area contributed by atoms with Gasteiger partial charge in [-0.25, -0.2) is 0 Å². The van der Waals surface area contributed by atoms with Crippen LogP contribution in [0.4, 0.5) is 11.4 Å². The Balaban J connectivity index is 1.04. The van der Waals surface area contributed by atoms with Crippen molar-refractivity contribution in [2.75, 3.05) is 4.90 Å². The van der Waals surface area contributed by atoms with Crippen LogP contribution in [0.3, 0.4) is 0 Å². The molecule has 1 aliphatic heterocycles. The van der Waals surface area contributed by atoms with E-state index >= 15 is 0 Å². The summed E-state index contributed by atoms with van der Waals surface area (Å²) < 4.78 is 18.6. The summed E-state index contributed by atoms with van der Waals surface area (Å²) in [6.07, 6.45) is 17.7. The topological polar surface area (TPSA) is 38.8 Å². The maximum absolute atomic E-state index is 6.96. The van der Waals surface area contributed by atoms with Gasteiger partial charge >= 0.3 is 0 Å². The zero-order chi connectivity index (χ0) is 33.8. The molecule has 0 bridgehead atoms. The summed E-state index contributed by atoms with van der Waals surface area (Å²) in [7, 11) is 0. The molecule has 3 aliphatic carbocycles. The molecular weight excluding hydrogens is 627 g/mol. The van der Waals surface area contributed by atoms with Crippen LogP contribution in [0.25, 0.3) is 44.0 Å². The molecule has 4 unspecified atom stereocenters. The second-order valence-electron chi connectivity index (χ2n) is 14.8. The Kier molecular flexibility index (Phi) is 5.93. The van der Waals surface area contributed by atoms with Gasteiger partial charge in [-0.15, -0.1) is 0 Å². The predicted molar refractivity (Wildman–Crippen MR) is 206 cm³/mol. The van der Waals surface area contributed by atoms with E-state index in [1.807, 2.05) is 12.1 Å². The van der Waals surface area contributed by atoms with E-state index in [1.54, 1.807) is 6.26 Å². The van der Waals surface area contributed by atoms with E-state index < -0.39 is 0 Å². The monoisotopic (exact) mass is 661 g/mol. The Morgan fingerprint density at radius 3 is 2.24 bits per heavy atom. The predicted octanol–water partition coefficient (Wildman–Crippen LogP) is 12.3. The van der Waals surface area contributed by atoms with Crippen LogP contribution in [0.2, 0.25) is 0 Å². The molecular formula is C47H35NO3. The zero-order valence-corrected chi connectivity index (χ0v) is 28.4. The fourth-order valence-corrected chi connectivity index (χ4v) is 9.34. The molecule has 0 spiro atoms. The second-order valence-corrected chi connectivity index (χ2v) is 14.8. The van der Waals surface area contributed by atoms with Crippen LogP contribution < -0.4 is 9.64 Å². The summed E-state index contributed by atoms with van der Waals surface area (Å²) in [6, 6.07) is 37.0. The third kappa shape index (κ3) is 4.14. The summed E-state index contributed by atoms with van der Waals surface area (Å²) in [5.74, 6) is 2.72. The van der Waals surface area contributed by atoms with Gasteiger partial charge in [-0.3, -0.25) is 0 Å². The van der Waals surface area contributed by atoms with Gasteiger partial charge in [0.15, 0.2) is 11.2 Å². The van der Waals surface area contributed by atoms with Gasteiger partial charge in [-0.1, -0.05) is 98.8 Å². The van der Waals surface area contributed by atoms with Gasteiger partial charge in [0.05, 0.1) is 6.26 Å². The lowest BCUT2D eigenvalue weighted by Gasteiger charge is -2.31. The van der Waals surface area contributed by atoms with Crippen molar-refractivity contribution in [2.24, 2.45) is 5.92 Å². The zero-order valence-electron chi connectivity index (χ0n) is 28.4. The van der Waals surface area contributed by atoms with Crippen LogP contribution >= 0.6 is 0 Å². The van der Waals surface area contributed by atoms with E-state index in [9.17, 15) is 0 Å². The minimum atomic E-state index is -0.126. The number of hydrogen-bond donors (Lipinski definition) is 0. The Labute approximate surface area is 296 Å². The van der Waals surface area contributed by atoms with E-state index in [-0.39, 0.29) is 17.4 Å². The minimum Gasteiger partial charge on any atom is -0.484 e. The lowest BCUT2D eigenvalue weighted by molar-refractivity contribution is 0.270. The molecule has 0 saturated carbocycles. The summed E-state index contributed by atoms with van der Waals surface area (Å²) >= 11 is 0. The maximum atomic E-state index is 6.96. The number of allylic oxidation sites excluding steroid dienone is 5. The van der Waals surface area contributed by atoms with Gasteiger partial charge < -0.3 is 18.5 Å². The highest BCUT2D eigenvalue weighted by atomic mass is 16.5. The Hall–Kier alpha value is -6.00. The SMILES string of the molecule is CC1(C)c2ccc(N(C3=CC4Oc5c(c6ccccc6c6ccccc56)C4C=C3)c3ccc(-c4cc5occc5o4)cc3)cc2C2C=CC=CC21. The molecule has 4 nitrogen and oxygen atoms in total. The van der Waals surface area contributed by atoms with E-state index in [4.69, 9.17) is 13.6 Å². The average Bonchev–Trinajstić information content (AvgIpc) is 3.93. The first-order valence-corrected chi connectivity index (χ1v) is 17.9. The minimum absolute atomic E-state index is 0.0563. The number of rotatable bonds is 4. The number of ether oxygens (including phenoxy) is 1. The van der Waals surface area contributed by atoms with E-state index in [0.29, 0.717) is 11.8 Å². The van der Waals surface area contributed by atoms with Crippen molar-refractivity contribution in [3.05, 3.63) is 174 Å². The summed E-state index contributed by atoms with van der Waals surface area (Å²) in [5.41, 5.74) is 9.99. The highest BCUT2D eigenvalue weighted by Gasteiger charge is 2.45. The van der Waals surface area contributed by atoms with Crippen molar-refractivity contribution < 1.29 is 13.6 Å². The van der Waals surface area contributed by atoms with E-state index in [2.05, 4.69) is 152 Å². The van der Waals surface area contributed by atoms with Gasteiger partial charge in [0.25, 0.3) is 0 Å². The third-order valence-electron chi connectivity index (χ3n) is 11.8. The van der Waals surface area contributed by atoms with Crippen molar-refractivity contribution in [2.45, 2.75) is 37.2 Å². The molecule has 246 valence electrons. The average molecular weight is 662 g/mol. The fraction of sp³-hybridized carbons (Fsp3) is 0.149. The molecule has 4 heteroatoms. The largest absolute Gasteiger partial charge is 0.484 e. The lowest BCUT2D eigenvalue weighted by Crippen LogP contribution is -2.24. The third-order valence-corrected chi connectivity index (χ3v) is 11.8. The second kappa shape index (κ2) is 10.5. The van der Waals surface area contributed by atoms with Gasteiger partial charge in [0.1, 0.15) is 17.6 Å². The molecule has 0 fully saturated rings. The molecule has 0 saturated heterocycles. The number of benzene rings is 5. The van der Waals surface area contributed by atoms with Crippen molar-refractivity contribution in [1.29, 1.82) is 0 Å². The molecule has 51 heavy (non-hydrogen) atoms. The molecule has 7 aromatic rings. The van der Waals surface area contributed by atoms with Crippen LogP contribution in [0, 0.1) is 5.92 Å². The van der Waals surface area contributed by atoms with Crippen LogP contribution in [0.15, 0.2) is 166 Å². The van der Waals surface area contributed by atoms with Gasteiger partial charge in [0, 0.05) is 57.6 Å². The van der Waals surface area contributed by atoms with Gasteiger partial charge in [0.2, 0.25) is 0 Å². The summed E-state index contributed by atoms with van der Waals surface area (Å²) in [5, 5.41) is 4.95. The summed E-state index contributed by atoms with van der Waals surface area (Å²) in [6.45, 7) is 4.77. The van der Waals surface area contributed by atoms with E-state index in [0.717, 1.165) is 45.3 Å². The van der Waals surface area contributed by atoms with E-state index in [1.165, 1.54) is 38.2 Å². The standard InChI is InChI=1S/C47H35NO3/c1-47(2)39-14-8-7-11-34(39)38-25-30(20-22-40(38)47)48(29-17-15-28(16-18-29)42-27-44-41(50-42)23-24-49-44)31-19-21-37-43(26-31)51-46-36-13-6-4-10-33(36)32-9-3-5-12-35(32)45(37)46/h3-27,34,37,39,43H,1-2H3. The molecule has 4 atom stereocenters. The Morgan fingerprint density at radius 1 is 0.667 bits per heavy atom. The molecule has 2 aromatic heterocycles. The van der Waals surface area contributed by atoms with Crippen molar-refractivity contribution >= 4 is 44.1 Å². The highest BCUT2D eigenvalue weighted by Crippen LogP contribution is 2.55. The van der Waals surface area contributed by atoms with Gasteiger partial charge in [-0.05, 0) is 87.2 Å². The Bertz CT molecular complexity index is 2650. The highest BCUT2D eigenvalue weighted by molar-refractivity contribution is 6.13. The first-order valence-electron chi connectivity index (χ1n) is 17.9. The molecule has 11 rings (SSSR count). The normalized spacial score (nSPS) is 22.1. The van der Waals surface area contributed by atoms with Crippen molar-refractivity contribution in [1.82, 2.24) is 0 Å². The van der Waals surface area contributed by atoms with Crippen molar-refractivity contribution in [3.63, 3.8) is 0 Å². The number of nitrogens with zero attached hydrogens (tertiary/aromatic N) is 1. The lowest BCUT2D eigenvalue weighted by atomic mass is 9.74. The molecule has 0 amide bonds. The van der Waals surface area contributed by atoms with Crippen LogP contribution in [0.1, 0.15) is 42.4 Å². The smallest absolute Gasteiger partial charge is 0.173 e. The fourth-order valence-electron chi connectivity index (χ4n) is 9.34. The number of hydrogen-bond acceptors (Lipinski definition) is 4. The Morgan fingerprint density at radius 2 is 1.41 bits per heavy atom. The molecule has 0 radical (unpaired) electrons. The number of fused-ring (bicyclic) bond motifs is 12. The molecule has 3 heterocycles. The summed E-state index contributed by atoms with van der Waals surface area (Å²) in [4.78, 5) is 2.38. The quantitative estimate of drug-likeness (QED) is 0.176. The molecule has 4 aliphatic rings. The number of furan rings is 2. The number of anilines is 2.